The summed E-state index contributed by atoms with van der Waals surface area (Å²) in [5, 5.41) is 21.8. The number of likely N-dealkylation sites (tertiary alicyclic amines) is 1. The Morgan fingerprint density at radius 3 is 2.40 bits per heavy atom. The van der Waals surface area contributed by atoms with E-state index in [4.69, 9.17) is 0 Å². The summed E-state index contributed by atoms with van der Waals surface area (Å²) in [6, 6.07) is 11.9. The van der Waals surface area contributed by atoms with E-state index in [1.807, 2.05) is 6.92 Å². The summed E-state index contributed by atoms with van der Waals surface area (Å²) in [6.07, 6.45) is 1.19. The highest BCUT2D eigenvalue weighted by Gasteiger charge is 2.29. The smallest absolute Gasteiger partial charge is 0.271 e. The third-order valence-corrected chi connectivity index (χ3v) is 6.79. The monoisotopic (exact) mass is 455 g/mol. The van der Waals surface area contributed by atoms with Crippen LogP contribution in [0.3, 0.4) is 0 Å². The minimum atomic E-state index is -4.01. The molecule has 2 aromatic rings. The van der Waals surface area contributed by atoms with Gasteiger partial charge < -0.3 is 10.0 Å². The molecule has 1 saturated heterocycles. The standard InChI is InChI=1S/C20H25N3O5S.ClH/c1-16-7-9-20(10-8-16)29(27,28)22(15-19(24)14-21-11-2-3-12-21)17-5-4-6-18(13-17)23(25)26;/h4-10,13,19,24H,2-3,11-12,14-15H2,1H3;1H. The van der Waals surface area contributed by atoms with Crippen LogP contribution in [0.15, 0.2) is 53.4 Å². The van der Waals surface area contributed by atoms with Gasteiger partial charge in [-0.1, -0.05) is 23.8 Å². The highest BCUT2D eigenvalue weighted by Crippen LogP contribution is 2.27. The molecule has 3 rings (SSSR count). The molecular formula is C20H26ClN3O5S. The molecule has 164 valence electrons. The van der Waals surface area contributed by atoms with Gasteiger partial charge in [0.15, 0.2) is 0 Å². The Bertz CT molecular complexity index is 963. The normalized spacial score (nSPS) is 15.4. The second-order valence-corrected chi connectivity index (χ2v) is 9.15. The molecule has 1 N–H and O–H groups in total. The van der Waals surface area contributed by atoms with Crippen molar-refractivity contribution in [3.05, 3.63) is 64.2 Å². The highest BCUT2D eigenvalue weighted by atomic mass is 35.5. The van der Waals surface area contributed by atoms with Crippen molar-refractivity contribution in [3.63, 3.8) is 0 Å². The third-order valence-electron chi connectivity index (χ3n) is 4.98. The zero-order valence-electron chi connectivity index (χ0n) is 16.7. The van der Waals surface area contributed by atoms with Gasteiger partial charge in [0.05, 0.1) is 28.2 Å². The van der Waals surface area contributed by atoms with Crippen LogP contribution in [-0.4, -0.2) is 55.6 Å². The number of aliphatic hydroxyl groups is 1. The van der Waals surface area contributed by atoms with Crippen LogP contribution in [0.1, 0.15) is 18.4 Å². The summed E-state index contributed by atoms with van der Waals surface area (Å²) in [6.45, 7) is 3.77. The van der Waals surface area contributed by atoms with E-state index in [0.29, 0.717) is 6.54 Å². The van der Waals surface area contributed by atoms with Crippen LogP contribution in [0.5, 0.6) is 0 Å². The maximum atomic E-state index is 13.3. The Kier molecular flexibility index (Phi) is 8.19. The highest BCUT2D eigenvalue weighted by molar-refractivity contribution is 7.92. The van der Waals surface area contributed by atoms with Gasteiger partial charge in [-0.05, 0) is 51.1 Å². The Hall–Kier alpha value is -2.20. The van der Waals surface area contributed by atoms with Crippen molar-refractivity contribution in [2.45, 2.75) is 30.8 Å². The SMILES string of the molecule is Cc1ccc(S(=O)(=O)N(CC(O)CN2CCCC2)c2cccc([N+](=O)[O-])c2)cc1.Cl. The van der Waals surface area contributed by atoms with Gasteiger partial charge >= 0.3 is 0 Å². The molecule has 0 amide bonds. The number of benzene rings is 2. The van der Waals surface area contributed by atoms with Crippen LogP contribution in [0.2, 0.25) is 0 Å². The molecule has 1 aliphatic rings. The number of aliphatic hydroxyl groups excluding tert-OH is 1. The van der Waals surface area contributed by atoms with Crippen molar-refractivity contribution in [1.82, 2.24) is 4.90 Å². The average Bonchev–Trinajstić information content (AvgIpc) is 3.19. The molecule has 8 nitrogen and oxygen atoms in total. The lowest BCUT2D eigenvalue weighted by Crippen LogP contribution is -2.42. The summed E-state index contributed by atoms with van der Waals surface area (Å²) in [4.78, 5) is 12.8. The molecule has 30 heavy (non-hydrogen) atoms. The van der Waals surface area contributed by atoms with Crippen LogP contribution in [-0.2, 0) is 10.0 Å². The maximum absolute atomic E-state index is 13.3. The summed E-state index contributed by atoms with van der Waals surface area (Å²) < 4.78 is 27.7. The summed E-state index contributed by atoms with van der Waals surface area (Å²) in [5.74, 6) is 0. The number of rotatable bonds is 8. The van der Waals surface area contributed by atoms with Gasteiger partial charge in [-0.15, -0.1) is 12.4 Å². The number of aryl methyl sites for hydroxylation is 1. The first-order valence-corrected chi connectivity index (χ1v) is 11.0. The van der Waals surface area contributed by atoms with E-state index in [-0.39, 0.29) is 35.2 Å². The first kappa shape index (κ1) is 24.1. The lowest BCUT2D eigenvalue weighted by molar-refractivity contribution is -0.384. The molecule has 0 aliphatic carbocycles. The van der Waals surface area contributed by atoms with E-state index < -0.39 is 21.1 Å². The Morgan fingerprint density at radius 2 is 1.80 bits per heavy atom. The number of nitro groups is 1. The molecule has 0 spiro atoms. The number of hydrogen-bond donors (Lipinski definition) is 1. The summed E-state index contributed by atoms with van der Waals surface area (Å²) >= 11 is 0. The number of halogens is 1. The van der Waals surface area contributed by atoms with Gasteiger partial charge in [-0.25, -0.2) is 8.42 Å². The van der Waals surface area contributed by atoms with Crippen LogP contribution < -0.4 is 4.31 Å². The van der Waals surface area contributed by atoms with Gasteiger partial charge in [0.25, 0.3) is 15.7 Å². The molecule has 1 unspecified atom stereocenters. The Morgan fingerprint density at radius 1 is 1.17 bits per heavy atom. The molecule has 1 heterocycles. The minimum Gasteiger partial charge on any atom is -0.390 e. The second kappa shape index (κ2) is 10.2. The molecule has 1 atom stereocenters. The van der Waals surface area contributed by atoms with Crippen molar-refractivity contribution in [3.8, 4) is 0 Å². The molecule has 0 radical (unpaired) electrons. The Labute approximate surface area is 182 Å². The number of sulfonamides is 1. The topological polar surface area (TPSA) is 104 Å². The molecule has 1 aliphatic heterocycles. The Balaban J connectivity index is 0.00000320. The first-order chi connectivity index (χ1) is 13.8. The average molecular weight is 456 g/mol. The fourth-order valence-electron chi connectivity index (χ4n) is 3.45. The zero-order chi connectivity index (χ0) is 21.0. The lowest BCUT2D eigenvalue weighted by Gasteiger charge is -2.28. The van der Waals surface area contributed by atoms with Crippen LogP contribution in [0.4, 0.5) is 11.4 Å². The van der Waals surface area contributed by atoms with Crippen molar-refractivity contribution < 1.29 is 18.4 Å². The predicted molar refractivity (Wildman–Crippen MR) is 118 cm³/mol. The number of hydrogen-bond acceptors (Lipinski definition) is 6. The van der Waals surface area contributed by atoms with Crippen molar-refractivity contribution in [2.24, 2.45) is 0 Å². The van der Waals surface area contributed by atoms with Crippen LogP contribution in [0, 0.1) is 17.0 Å². The van der Waals surface area contributed by atoms with E-state index in [1.54, 1.807) is 12.1 Å². The van der Waals surface area contributed by atoms with Crippen LogP contribution >= 0.6 is 12.4 Å². The van der Waals surface area contributed by atoms with Crippen molar-refractivity contribution >= 4 is 33.8 Å². The van der Waals surface area contributed by atoms with Gasteiger partial charge in [-0.3, -0.25) is 14.4 Å². The molecule has 1 fully saturated rings. The number of β-amino-alcohol motifs (C(OH)–C–C–N with tert-alkyl or cyclic N) is 1. The van der Waals surface area contributed by atoms with E-state index in [2.05, 4.69) is 4.90 Å². The third kappa shape index (κ3) is 5.69. The largest absolute Gasteiger partial charge is 0.390 e. The lowest BCUT2D eigenvalue weighted by atomic mass is 10.2. The fourth-order valence-corrected chi connectivity index (χ4v) is 4.95. The molecule has 0 saturated carbocycles. The van der Waals surface area contributed by atoms with E-state index in [0.717, 1.165) is 35.8 Å². The second-order valence-electron chi connectivity index (χ2n) is 7.29. The fraction of sp³-hybridized carbons (Fsp3) is 0.400. The van der Waals surface area contributed by atoms with E-state index in [1.165, 1.54) is 36.4 Å². The van der Waals surface area contributed by atoms with Gasteiger partial charge in [0.1, 0.15) is 0 Å². The zero-order valence-corrected chi connectivity index (χ0v) is 18.3. The van der Waals surface area contributed by atoms with E-state index >= 15 is 0 Å². The number of anilines is 1. The first-order valence-electron chi connectivity index (χ1n) is 9.51. The number of non-ortho nitro benzene ring substituents is 1. The molecular weight excluding hydrogens is 430 g/mol. The maximum Gasteiger partial charge on any atom is 0.271 e. The van der Waals surface area contributed by atoms with Gasteiger partial charge in [0.2, 0.25) is 0 Å². The van der Waals surface area contributed by atoms with E-state index in [9.17, 15) is 23.6 Å². The summed E-state index contributed by atoms with van der Waals surface area (Å²) in [5.41, 5.74) is 0.862. The predicted octanol–water partition coefficient (Wildman–Crippen LogP) is 2.98. The number of nitrogens with zero attached hydrogens (tertiary/aromatic N) is 3. The minimum absolute atomic E-state index is 0. The molecule has 10 heteroatoms. The molecule has 0 bridgehead atoms. The van der Waals surface area contributed by atoms with Gasteiger partial charge in [-0.2, -0.15) is 0 Å². The molecule has 2 aromatic carbocycles. The summed E-state index contributed by atoms with van der Waals surface area (Å²) in [7, 11) is -4.01. The number of nitro benzene ring substituents is 1. The van der Waals surface area contributed by atoms with Crippen LogP contribution in [0.25, 0.3) is 0 Å². The molecule has 0 aromatic heterocycles. The van der Waals surface area contributed by atoms with Gasteiger partial charge in [0, 0.05) is 18.7 Å². The quantitative estimate of drug-likeness (QED) is 0.484. The van der Waals surface area contributed by atoms with Crippen molar-refractivity contribution in [1.29, 1.82) is 0 Å². The van der Waals surface area contributed by atoms with Crippen molar-refractivity contribution in [2.75, 3.05) is 30.5 Å².